The van der Waals surface area contributed by atoms with Crippen molar-refractivity contribution in [2.75, 3.05) is 0 Å². The fourth-order valence-electron chi connectivity index (χ4n) is 2.09. The lowest BCUT2D eigenvalue weighted by atomic mass is 10.2. The summed E-state index contributed by atoms with van der Waals surface area (Å²) in [7, 11) is 0. The van der Waals surface area contributed by atoms with E-state index in [0.717, 1.165) is 16.1 Å². The van der Waals surface area contributed by atoms with E-state index in [1.807, 2.05) is 60.7 Å². The average molecular weight is 368 g/mol. The van der Waals surface area contributed by atoms with Crippen molar-refractivity contribution in [1.82, 2.24) is 21.2 Å². The number of carbonyl (C=O) groups is 1. The first-order valence-electron chi connectivity index (χ1n) is 7.61. The predicted molar refractivity (Wildman–Crippen MR) is 104 cm³/mol. The van der Waals surface area contributed by atoms with Crippen LogP contribution < -0.4 is 16.2 Å². The summed E-state index contributed by atoms with van der Waals surface area (Å²) in [6.07, 6.45) is 0. The molecular formula is C18H16N4OS2. The second kappa shape index (κ2) is 8.36. The SMILES string of the molecule is O=C(NNC(=S)NCc1ccccc1)c1csc(-c2ccccc2)n1. The number of hydrazine groups is 1. The van der Waals surface area contributed by atoms with Gasteiger partial charge in [-0.2, -0.15) is 0 Å². The van der Waals surface area contributed by atoms with E-state index in [9.17, 15) is 4.79 Å². The van der Waals surface area contributed by atoms with E-state index in [2.05, 4.69) is 21.2 Å². The van der Waals surface area contributed by atoms with E-state index < -0.39 is 0 Å². The zero-order valence-corrected chi connectivity index (χ0v) is 14.9. The summed E-state index contributed by atoms with van der Waals surface area (Å²) in [5.41, 5.74) is 7.67. The first-order valence-corrected chi connectivity index (χ1v) is 8.90. The van der Waals surface area contributed by atoms with Crippen molar-refractivity contribution in [3.05, 3.63) is 77.3 Å². The molecule has 0 aliphatic rings. The Bertz CT molecular complexity index is 850. The molecule has 3 N–H and O–H groups in total. The highest BCUT2D eigenvalue weighted by Gasteiger charge is 2.11. The lowest BCUT2D eigenvalue weighted by Gasteiger charge is -2.10. The van der Waals surface area contributed by atoms with Gasteiger partial charge in [-0.05, 0) is 17.8 Å². The first kappa shape index (κ1) is 17.1. The summed E-state index contributed by atoms with van der Waals surface area (Å²) in [5.74, 6) is -0.331. The van der Waals surface area contributed by atoms with Crippen molar-refractivity contribution < 1.29 is 4.79 Å². The number of hydrogen-bond donors (Lipinski definition) is 3. The van der Waals surface area contributed by atoms with Gasteiger partial charge in [-0.15, -0.1) is 11.3 Å². The first-order chi connectivity index (χ1) is 12.2. The van der Waals surface area contributed by atoms with Crippen LogP contribution in [-0.4, -0.2) is 16.0 Å². The summed E-state index contributed by atoms with van der Waals surface area (Å²) in [6, 6.07) is 19.6. The van der Waals surface area contributed by atoms with Gasteiger partial charge in [0.25, 0.3) is 5.91 Å². The molecule has 0 saturated carbocycles. The molecule has 7 heteroatoms. The number of rotatable bonds is 4. The molecule has 0 radical (unpaired) electrons. The number of amides is 1. The fourth-order valence-corrected chi connectivity index (χ4v) is 3.02. The second-order valence-corrected chi connectivity index (χ2v) is 6.42. The van der Waals surface area contributed by atoms with Gasteiger partial charge < -0.3 is 5.32 Å². The molecule has 126 valence electrons. The monoisotopic (exact) mass is 368 g/mol. The second-order valence-electron chi connectivity index (χ2n) is 5.15. The Labute approximate surface area is 155 Å². The fraction of sp³-hybridized carbons (Fsp3) is 0.0556. The van der Waals surface area contributed by atoms with Crippen LogP contribution in [0.1, 0.15) is 16.1 Å². The molecule has 1 heterocycles. The predicted octanol–water partition coefficient (Wildman–Crippen LogP) is 3.12. The van der Waals surface area contributed by atoms with Crippen LogP contribution in [0.4, 0.5) is 0 Å². The number of aromatic nitrogens is 1. The van der Waals surface area contributed by atoms with Gasteiger partial charge in [-0.3, -0.25) is 15.6 Å². The van der Waals surface area contributed by atoms with Crippen LogP contribution in [-0.2, 0) is 6.54 Å². The average Bonchev–Trinajstić information content (AvgIpc) is 3.16. The Morgan fingerprint density at radius 3 is 2.40 bits per heavy atom. The Morgan fingerprint density at radius 2 is 1.68 bits per heavy atom. The third-order valence-electron chi connectivity index (χ3n) is 3.34. The molecule has 0 atom stereocenters. The molecule has 5 nitrogen and oxygen atoms in total. The van der Waals surface area contributed by atoms with E-state index in [1.165, 1.54) is 11.3 Å². The van der Waals surface area contributed by atoms with Crippen LogP contribution >= 0.6 is 23.6 Å². The van der Waals surface area contributed by atoms with Crippen molar-refractivity contribution in [3.8, 4) is 10.6 Å². The van der Waals surface area contributed by atoms with Crippen molar-refractivity contribution in [1.29, 1.82) is 0 Å². The van der Waals surface area contributed by atoms with Crippen LogP contribution in [0.2, 0.25) is 0 Å². The quantitative estimate of drug-likeness (QED) is 0.488. The van der Waals surface area contributed by atoms with Gasteiger partial charge in [0.2, 0.25) is 0 Å². The minimum atomic E-state index is -0.331. The molecule has 0 spiro atoms. The van der Waals surface area contributed by atoms with Crippen LogP contribution in [0.15, 0.2) is 66.0 Å². The molecule has 0 aliphatic heterocycles. The van der Waals surface area contributed by atoms with Gasteiger partial charge in [-0.25, -0.2) is 4.98 Å². The van der Waals surface area contributed by atoms with Crippen LogP contribution in [0.25, 0.3) is 10.6 Å². The Hall–Kier alpha value is -2.77. The minimum Gasteiger partial charge on any atom is -0.357 e. The summed E-state index contributed by atoms with van der Waals surface area (Å²) in [5, 5.41) is 5.89. The Morgan fingerprint density at radius 1 is 1.00 bits per heavy atom. The number of thiocarbonyl (C=S) groups is 1. The Balaban J connectivity index is 1.49. The van der Waals surface area contributed by atoms with Gasteiger partial charge in [0, 0.05) is 17.5 Å². The molecule has 0 saturated heterocycles. The van der Waals surface area contributed by atoms with Gasteiger partial charge in [-0.1, -0.05) is 60.7 Å². The van der Waals surface area contributed by atoms with E-state index >= 15 is 0 Å². The third kappa shape index (κ3) is 4.85. The molecule has 3 rings (SSSR count). The van der Waals surface area contributed by atoms with Gasteiger partial charge in [0.15, 0.2) is 5.11 Å². The molecule has 0 fully saturated rings. The third-order valence-corrected chi connectivity index (χ3v) is 4.48. The summed E-state index contributed by atoms with van der Waals surface area (Å²) >= 11 is 6.57. The molecule has 1 amide bonds. The summed E-state index contributed by atoms with van der Waals surface area (Å²) in [4.78, 5) is 16.5. The molecule has 2 aromatic carbocycles. The molecular weight excluding hydrogens is 352 g/mol. The van der Waals surface area contributed by atoms with Crippen molar-refractivity contribution >= 4 is 34.6 Å². The maximum absolute atomic E-state index is 12.2. The highest BCUT2D eigenvalue weighted by molar-refractivity contribution is 7.80. The largest absolute Gasteiger partial charge is 0.357 e. The molecule has 0 aliphatic carbocycles. The van der Waals surface area contributed by atoms with Crippen molar-refractivity contribution in [2.45, 2.75) is 6.54 Å². The minimum absolute atomic E-state index is 0.331. The van der Waals surface area contributed by atoms with Gasteiger partial charge in [0.05, 0.1) is 0 Å². The smallest absolute Gasteiger partial charge is 0.289 e. The standard InChI is InChI=1S/C18H16N4OS2/c23-16(15-12-25-17(20-15)14-9-5-2-6-10-14)21-22-18(24)19-11-13-7-3-1-4-8-13/h1-10,12H,11H2,(H,21,23)(H2,19,22,24). The van der Waals surface area contributed by atoms with E-state index in [1.54, 1.807) is 5.38 Å². The summed E-state index contributed by atoms with van der Waals surface area (Å²) in [6.45, 7) is 0.581. The van der Waals surface area contributed by atoms with Crippen molar-refractivity contribution in [3.63, 3.8) is 0 Å². The highest BCUT2D eigenvalue weighted by atomic mass is 32.1. The maximum Gasteiger partial charge on any atom is 0.289 e. The molecule has 1 aromatic heterocycles. The number of benzene rings is 2. The topological polar surface area (TPSA) is 66.1 Å². The zero-order valence-electron chi connectivity index (χ0n) is 13.2. The number of hydrogen-bond acceptors (Lipinski definition) is 4. The normalized spacial score (nSPS) is 10.1. The number of nitrogens with one attached hydrogen (secondary N) is 3. The van der Waals surface area contributed by atoms with Crippen LogP contribution in [0.3, 0.4) is 0 Å². The molecule has 25 heavy (non-hydrogen) atoms. The molecule has 0 bridgehead atoms. The van der Waals surface area contributed by atoms with Gasteiger partial charge in [0.1, 0.15) is 10.7 Å². The van der Waals surface area contributed by atoms with Crippen LogP contribution in [0, 0.1) is 0 Å². The van der Waals surface area contributed by atoms with E-state index in [-0.39, 0.29) is 5.91 Å². The summed E-state index contributed by atoms with van der Waals surface area (Å²) < 4.78 is 0. The number of carbonyl (C=O) groups excluding carboxylic acids is 1. The Kier molecular flexibility index (Phi) is 5.71. The maximum atomic E-state index is 12.2. The zero-order chi connectivity index (χ0) is 17.5. The number of nitrogens with zero attached hydrogens (tertiary/aromatic N) is 1. The van der Waals surface area contributed by atoms with E-state index in [4.69, 9.17) is 12.2 Å². The van der Waals surface area contributed by atoms with Gasteiger partial charge >= 0.3 is 0 Å². The molecule has 3 aromatic rings. The lowest BCUT2D eigenvalue weighted by molar-refractivity contribution is 0.0939. The van der Waals surface area contributed by atoms with Crippen LogP contribution in [0.5, 0.6) is 0 Å². The molecule has 0 unspecified atom stereocenters. The highest BCUT2D eigenvalue weighted by Crippen LogP contribution is 2.22. The number of thiazole rings is 1. The van der Waals surface area contributed by atoms with Crippen molar-refractivity contribution in [2.24, 2.45) is 0 Å². The van der Waals surface area contributed by atoms with E-state index in [0.29, 0.717) is 17.4 Å². The lowest BCUT2D eigenvalue weighted by Crippen LogP contribution is -2.46.